The summed E-state index contributed by atoms with van der Waals surface area (Å²) >= 11 is 0. The van der Waals surface area contributed by atoms with Crippen molar-refractivity contribution < 1.29 is 19.0 Å². The normalized spacial score (nSPS) is 12.9. The Kier molecular flexibility index (Phi) is 2.79. The smallest absolute Gasteiger partial charge is 0.200 e. The predicted octanol–water partition coefficient (Wildman–Crippen LogP) is 0.662. The maximum absolute atomic E-state index is 12.7. The van der Waals surface area contributed by atoms with Gasteiger partial charge in [0.05, 0.1) is 12.6 Å². The van der Waals surface area contributed by atoms with Gasteiger partial charge < -0.3 is 15.9 Å². The molecule has 1 atom stereocenters. The fourth-order valence-corrected chi connectivity index (χ4v) is 0.952. The second-order valence-corrected chi connectivity index (χ2v) is 2.59. The maximum atomic E-state index is 12.7. The van der Waals surface area contributed by atoms with E-state index in [0.717, 1.165) is 12.1 Å². The van der Waals surface area contributed by atoms with Crippen molar-refractivity contribution in [3.63, 3.8) is 0 Å². The molecule has 72 valence electrons. The van der Waals surface area contributed by atoms with E-state index in [4.69, 9.17) is 15.9 Å². The molecule has 0 radical (unpaired) electrons. The van der Waals surface area contributed by atoms with E-state index >= 15 is 0 Å². The summed E-state index contributed by atoms with van der Waals surface area (Å²) in [6, 6.07) is 1.07. The first-order valence-corrected chi connectivity index (χ1v) is 3.61. The molecule has 0 unspecified atom stereocenters. The number of benzene rings is 1. The van der Waals surface area contributed by atoms with Crippen molar-refractivity contribution in [2.75, 3.05) is 6.61 Å². The summed E-state index contributed by atoms with van der Waals surface area (Å²) in [5, 5.41) is 17.7. The fraction of sp³-hybridized carbons (Fsp3) is 0.250. The lowest BCUT2D eigenvalue weighted by Gasteiger charge is -2.10. The Morgan fingerprint density at radius 2 is 2.00 bits per heavy atom. The Morgan fingerprint density at radius 1 is 1.38 bits per heavy atom. The molecule has 1 aromatic rings. The monoisotopic (exact) mass is 189 g/mol. The molecule has 5 heteroatoms. The quantitative estimate of drug-likeness (QED) is 0.640. The Balaban J connectivity index is 3.18. The minimum Gasteiger partial charge on any atom is -0.505 e. The molecule has 0 spiro atoms. The van der Waals surface area contributed by atoms with Crippen LogP contribution in [0.25, 0.3) is 0 Å². The summed E-state index contributed by atoms with van der Waals surface area (Å²) in [6.07, 6.45) is 0. The third kappa shape index (κ3) is 1.76. The van der Waals surface area contributed by atoms with E-state index in [2.05, 4.69) is 0 Å². The van der Waals surface area contributed by atoms with E-state index in [1.54, 1.807) is 0 Å². The van der Waals surface area contributed by atoms with E-state index in [1.807, 2.05) is 0 Å². The molecule has 0 aliphatic heterocycles. The maximum Gasteiger partial charge on any atom is 0.200 e. The van der Waals surface area contributed by atoms with Gasteiger partial charge in [-0.15, -0.1) is 0 Å². The Morgan fingerprint density at radius 3 is 2.54 bits per heavy atom. The Labute approximate surface area is 73.4 Å². The van der Waals surface area contributed by atoms with Gasteiger partial charge in [-0.3, -0.25) is 0 Å². The molecule has 3 nitrogen and oxygen atoms in total. The molecule has 0 saturated heterocycles. The number of nitrogens with two attached hydrogens (primary N) is 1. The summed E-state index contributed by atoms with van der Waals surface area (Å²) in [7, 11) is 0. The van der Waals surface area contributed by atoms with Gasteiger partial charge in [0.15, 0.2) is 11.6 Å². The molecule has 0 heterocycles. The number of aromatic hydroxyl groups is 1. The molecule has 0 aromatic heterocycles. The molecule has 0 amide bonds. The van der Waals surface area contributed by atoms with Crippen molar-refractivity contribution in [3.05, 3.63) is 29.3 Å². The molecule has 13 heavy (non-hydrogen) atoms. The van der Waals surface area contributed by atoms with Crippen LogP contribution in [0, 0.1) is 11.6 Å². The molecule has 0 saturated carbocycles. The van der Waals surface area contributed by atoms with Crippen LogP contribution in [0.5, 0.6) is 5.75 Å². The lowest BCUT2D eigenvalue weighted by atomic mass is 10.1. The van der Waals surface area contributed by atoms with Crippen LogP contribution in [0.4, 0.5) is 8.78 Å². The van der Waals surface area contributed by atoms with Gasteiger partial charge >= 0.3 is 0 Å². The molecule has 0 fully saturated rings. The number of halogens is 2. The third-order valence-electron chi connectivity index (χ3n) is 1.70. The third-order valence-corrected chi connectivity index (χ3v) is 1.70. The minimum atomic E-state index is -1.35. The fourth-order valence-electron chi connectivity index (χ4n) is 0.952. The van der Waals surface area contributed by atoms with E-state index in [9.17, 15) is 8.78 Å². The summed E-state index contributed by atoms with van der Waals surface area (Å²) in [6.45, 7) is -0.446. The minimum absolute atomic E-state index is 0.0126. The van der Waals surface area contributed by atoms with Crippen LogP contribution >= 0.6 is 0 Å². The van der Waals surface area contributed by atoms with Gasteiger partial charge in [-0.1, -0.05) is 6.07 Å². The van der Waals surface area contributed by atoms with Gasteiger partial charge in [0, 0.05) is 5.56 Å². The number of aliphatic hydroxyl groups is 1. The van der Waals surface area contributed by atoms with E-state index in [1.165, 1.54) is 0 Å². The average Bonchev–Trinajstić information content (AvgIpc) is 2.13. The van der Waals surface area contributed by atoms with Crippen molar-refractivity contribution in [1.29, 1.82) is 0 Å². The number of phenolic OH excluding ortho intramolecular Hbond substituents is 1. The van der Waals surface area contributed by atoms with Crippen molar-refractivity contribution >= 4 is 0 Å². The first kappa shape index (κ1) is 9.88. The SMILES string of the molecule is N[C@@H](CO)c1ccc(F)c(F)c1O. The zero-order chi connectivity index (χ0) is 10.0. The van der Waals surface area contributed by atoms with Crippen LogP contribution in [-0.2, 0) is 0 Å². The number of hydrogen-bond donors (Lipinski definition) is 3. The first-order chi connectivity index (χ1) is 6.07. The molecular formula is C8H9F2NO2. The van der Waals surface area contributed by atoms with Gasteiger partial charge in [-0.2, -0.15) is 4.39 Å². The van der Waals surface area contributed by atoms with Crippen LogP contribution in [-0.4, -0.2) is 16.8 Å². The summed E-state index contributed by atoms with van der Waals surface area (Å²) in [4.78, 5) is 0. The molecule has 0 aliphatic rings. The Bertz CT molecular complexity index is 317. The van der Waals surface area contributed by atoms with E-state index < -0.39 is 30.0 Å². The highest BCUT2D eigenvalue weighted by molar-refractivity contribution is 5.36. The van der Waals surface area contributed by atoms with Gasteiger partial charge in [0.1, 0.15) is 0 Å². The topological polar surface area (TPSA) is 66.5 Å². The summed E-state index contributed by atoms with van der Waals surface area (Å²) in [5.41, 5.74) is 5.30. The highest BCUT2D eigenvalue weighted by atomic mass is 19.2. The van der Waals surface area contributed by atoms with Crippen molar-refractivity contribution in [1.82, 2.24) is 0 Å². The van der Waals surface area contributed by atoms with Crippen LogP contribution in [0.1, 0.15) is 11.6 Å². The first-order valence-electron chi connectivity index (χ1n) is 3.61. The molecule has 1 rings (SSSR count). The predicted molar refractivity (Wildman–Crippen MR) is 42.0 cm³/mol. The van der Waals surface area contributed by atoms with Crippen LogP contribution in [0.15, 0.2) is 12.1 Å². The van der Waals surface area contributed by atoms with E-state index in [-0.39, 0.29) is 5.56 Å². The molecule has 0 aliphatic carbocycles. The Hall–Kier alpha value is -1.20. The van der Waals surface area contributed by atoms with Crippen molar-refractivity contribution in [2.24, 2.45) is 5.73 Å². The number of phenols is 1. The molecular weight excluding hydrogens is 180 g/mol. The van der Waals surface area contributed by atoms with Crippen LogP contribution < -0.4 is 5.73 Å². The molecule has 0 bridgehead atoms. The van der Waals surface area contributed by atoms with Gasteiger partial charge in [0.2, 0.25) is 5.82 Å². The summed E-state index contributed by atoms with van der Waals surface area (Å²) < 4.78 is 25.2. The second kappa shape index (κ2) is 3.68. The van der Waals surface area contributed by atoms with Crippen LogP contribution in [0.3, 0.4) is 0 Å². The lowest BCUT2D eigenvalue weighted by Crippen LogP contribution is -2.15. The van der Waals surface area contributed by atoms with Crippen molar-refractivity contribution in [2.45, 2.75) is 6.04 Å². The highest BCUT2D eigenvalue weighted by Gasteiger charge is 2.16. The van der Waals surface area contributed by atoms with Crippen molar-refractivity contribution in [3.8, 4) is 5.75 Å². The zero-order valence-electron chi connectivity index (χ0n) is 6.67. The van der Waals surface area contributed by atoms with Gasteiger partial charge in [0.25, 0.3) is 0 Å². The molecule has 4 N–H and O–H groups in total. The number of hydrogen-bond acceptors (Lipinski definition) is 3. The average molecular weight is 189 g/mol. The van der Waals surface area contributed by atoms with Gasteiger partial charge in [-0.25, -0.2) is 4.39 Å². The zero-order valence-corrected chi connectivity index (χ0v) is 6.67. The van der Waals surface area contributed by atoms with Gasteiger partial charge in [-0.05, 0) is 6.07 Å². The number of aliphatic hydroxyl groups excluding tert-OH is 1. The van der Waals surface area contributed by atoms with E-state index in [0.29, 0.717) is 0 Å². The number of rotatable bonds is 2. The highest BCUT2D eigenvalue weighted by Crippen LogP contribution is 2.27. The lowest BCUT2D eigenvalue weighted by molar-refractivity contribution is 0.264. The largest absolute Gasteiger partial charge is 0.505 e. The second-order valence-electron chi connectivity index (χ2n) is 2.59. The summed E-state index contributed by atoms with van der Waals surface area (Å²) in [5.74, 6) is -3.34. The van der Waals surface area contributed by atoms with Crippen LogP contribution in [0.2, 0.25) is 0 Å². The standard InChI is InChI=1S/C8H9F2NO2/c9-5-2-1-4(6(11)3-12)8(13)7(5)10/h1-2,6,12-13H,3,11H2/t6-/m0/s1. The molecule has 1 aromatic carbocycles.